The van der Waals surface area contributed by atoms with E-state index in [-0.39, 0.29) is 0 Å². The SMILES string of the molecule is CCCCCCCCCCOc1ccc(C(=O)Oc2ccc(OC(=O)c3ccc(OCCCCCCCCCC)cc3)cc2)cc1. The summed E-state index contributed by atoms with van der Waals surface area (Å²) in [6.45, 7) is 5.83. The third-order valence-electron chi connectivity index (χ3n) is 7.96. The van der Waals surface area contributed by atoms with Crippen LogP contribution in [-0.2, 0) is 0 Å². The van der Waals surface area contributed by atoms with E-state index in [2.05, 4.69) is 13.8 Å². The van der Waals surface area contributed by atoms with Crippen LogP contribution in [0.5, 0.6) is 23.0 Å². The number of hydrogen-bond donors (Lipinski definition) is 0. The number of unbranched alkanes of at least 4 members (excludes halogenated alkanes) is 14. The van der Waals surface area contributed by atoms with Crippen molar-refractivity contribution in [3.63, 3.8) is 0 Å². The normalized spacial score (nSPS) is 10.8. The Bertz CT molecular complexity index is 1140. The van der Waals surface area contributed by atoms with Crippen molar-refractivity contribution in [2.24, 2.45) is 0 Å². The smallest absolute Gasteiger partial charge is 0.343 e. The van der Waals surface area contributed by atoms with Crippen LogP contribution in [-0.4, -0.2) is 25.2 Å². The Labute approximate surface area is 276 Å². The maximum atomic E-state index is 12.6. The number of carbonyl (C=O) groups excluding carboxylic acids is 2. The Morgan fingerprint density at radius 3 is 1.00 bits per heavy atom. The molecule has 0 fully saturated rings. The molecule has 0 aliphatic carbocycles. The minimum absolute atomic E-state index is 0.359. The molecule has 3 aromatic carbocycles. The number of esters is 2. The average Bonchev–Trinajstić information content (AvgIpc) is 3.08. The van der Waals surface area contributed by atoms with Gasteiger partial charge in [-0.3, -0.25) is 0 Å². The second kappa shape index (κ2) is 22.7. The van der Waals surface area contributed by atoms with E-state index in [0.29, 0.717) is 35.8 Å². The van der Waals surface area contributed by atoms with E-state index in [1.54, 1.807) is 72.8 Å². The summed E-state index contributed by atoms with van der Waals surface area (Å²) >= 11 is 0. The van der Waals surface area contributed by atoms with Gasteiger partial charge in [0.1, 0.15) is 23.0 Å². The second-order valence-electron chi connectivity index (χ2n) is 11.9. The Morgan fingerprint density at radius 2 is 0.674 bits per heavy atom. The van der Waals surface area contributed by atoms with Crippen LogP contribution in [0.3, 0.4) is 0 Å². The first-order valence-electron chi connectivity index (χ1n) is 17.6. The van der Waals surface area contributed by atoms with Gasteiger partial charge in [0.25, 0.3) is 0 Å². The predicted octanol–water partition coefficient (Wildman–Crippen LogP) is 11.2. The summed E-state index contributed by atoms with van der Waals surface area (Å²) in [6.07, 6.45) is 20.1. The predicted molar refractivity (Wildman–Crippen MR) is 185 cm³/mol. The molecule has 0 unspecified atom stereocenters. The third-order valence-corrected chi connectivity index (χ3v) is 7.96. The standard InChI is InChI=1S/C40H54O6/c1-3-5-7-9-11-13-15-17-31-43-35-23-19-33(20-24-35)39(41)45-37-27-29-38(30-28-37)46-40(42)34-21-25-36(26-22-34)44-32-18-16-14-12-10-8-6-4-2/h19-30H,3-18,31-32H2,1-2H3. The van der Waals surface area contributed by atoms with E-state index in [9.17, 15) is 9.59 Å². The first kappa shape index (κ1) is 36.7. The first-order chi connectivity index (χ1) is 22.6. The molecule has 0 N–H and O–H groups in total. The fourth-order valence-corrected chi connectivity index (χ4v) is 5.13. The number of rotatable bonds is 24. The molecule has 0 aliphatic rings. The van der Waals surface area contributed by atoms with Gasteiger partial charge < -0.3 is 18.9 Å². The molecule has 0 saturated heterocycles. The first-order valence-corrected chi connectivity index (χ1v) is 17.6. The molecule has 0 amide bonds. The molecule has 0 aromatic heterocycles. The molecule has 0 aliphatic heterocycles. The van der Waals surface area contributed by atoms with Crippen LogP contribution < -0.4 is 18.9 Å². The van der Waals surface area contributed by atoms with Crippen molar-refractivity contribution in [3.05, 3.63) is 83.9 Å². The molecule has 0 spiro atoms. The fraction of sp³-hybridized carbons (Fsp3) is 0.500. The monoisotopic (exact) mass is 630 g/mol. The molecule has 0 bridgehead atoms. The minimum Gasteiger partial charge on any atom is -0.494 e. The van der Waals surface area contributed by atoms with Crippen LogP contribution >= 0.6 is 0 Å². The van der Waals surface area contributed by atoms with Crippen molar-refractivity contribution in [2.45, 2.75) is 117 Å². The van der Waals surface area contributed by atoms with Gasteiger partial charge in [-0.25, -0.2) is 9.59 Å². The molecule has 0 heterocycles. The summed E-state index contributed by atoms with van der Waals surface area (Å²) in [5, 5.41) is 0. The van der Waals surface area contributed by atoms with Gasteiger partial charge in [-0.15, -0.1) is 0 Å². The van der Waals surface area contributed by atoms with Crippen molar-refractivity contribution in [2.75, 3.05) is 13.2 Å². The molecule has 46 heavy (non-hydrogen) atoms. The zero-order valence-electron chi connectivity index (χ0n) is 28.1. The second-order valence-corrected chi connectivity index (χ2v) is 11.9. The van der Waals surface area contributed by atoms with Gasteiger partial charge in [0.05, 0.1) is 24.3 Å². The zero-order valence-corrected chi connectivity index (χ0v) is 28.1. The lowest BCUT2D eigenvalue weighted by molar-refractivity contribution is 0.0719. The van der Waals surface area contributed by atoms with Gasteiger partial charge in [0.15, 0.2) is 0 Å². The molecule has 6 nitrogen and oxygen atoms in total. The van der Waals surface area contributed by atoms with Crippen LogP contribution in [0.1, 0.15) is 137 Å². The minimum atomic E-state index is -0.468. The number of benzene rings is 3. The van der Waals surface area contributed by atoms with E-state index in [0.717, 1.165) is 24.3 Å². The maximum Gasteiger partial charge on any atom is 0.343 e. The van der Waals surface area contributed by atoms with E-state index in [4.69, 9.17) is 18.9 Å². The molecule has 0 atom stereocenters. The van der Waals surface area contributed by atoms with Gasteiger partial charge in [-0.2, -0.15) is 0 Å². The summed E-state index contributed by atoms with van der Waals surface area (Å²) < 4.78 is 22.6. The van der Waals surface area contributed by atoms with Crippen LogP contribution in [0.4, 0.5) is 0 Å². The number of hydrogen-bond acceptors (Lipinski definition) is 6. The summed E-state index contributed by atoms with van der Waals surface area (Å²) in [5.41, 5.74) is 0.861. The summed E-state index contributed by atoms with van der Waals surface area (Å²) in [7, 11) is 0. The third kappa shape index (κ3) is 15.0. The number of ether oxygens (including phenoxy) is 4. The van der Waals surface area contributed by atoms with Crippen molar-refractivity contribution < 1.29 is 28.5 Å². The fourth-order valence-electron chi connectivity index (χ4n) is 5.13. The topological polar surface area (TPSA) is 71.1 Å². The van der Waals surface area contributed by atoms with E-state index in [1.807, 2.05) is 0 Å². The lowest BCUT2D eigenvalue weighted by atomic mass is 10.1. The van der Waals surface area contributed by atoms with Crippen molar-refractivity contribution in [1.82, 2.24) is 0 Å². The van der Waals surface area contributed by atoms with Crippen molar-refractivity contribution in [3.8, 4) is 23.0 Å². The van der Waals surface area contributed by atoms with Crippen molar-refractivity contribution >= 4 is 11.9 Å². The molecule has 3 rings (SSSR count). The molecule has 3 aromatic rings. The Kier molecular flexibility index (Phi) is 18.1. The van der Waals surface area contributed by atoms with Gasteiger partial charge in [0, 0.05) is 0 Å². The van der Waals surface area contributed by atoms with E-state index < -0.39 is 11.9 Å². The molecular weight excluding hydrogens is 576 g/mol. The van der Waals surface area contributed by atoms with Crippen molar-refractivity contribution in [1.29, 1.82) is 0 Å². The Hall–Kier alpha value is -3.80. The maximum absolute atomic E-state index is 12.6. The molecular formula is C40H54O6. The highest BCUT2D eigenvalue weighted by molar-refractivity contribution is 5.92. The van der Waals surface area contributed by atoms with Crippen LogP contribution in [0, 0.1) is 0 Å². The van der Waals surface area contributed by atoms with Gasteiger partial charge >= 0.3 is 11.9 Å². The summed E-state index contributed by atoms with van der Waals surface area (Å²) in [4.78, 5) is 25.2. The molecule has 0 saturated carbocycles. The zero-order chi connectivity index (χ0) is 32.7. The average molecular weight is 631 g/mol. The Morgan fingerprint density at radius 1 is 0.391 bits per heavy atom. The summed E-state index contributed by atoms with van der Waals surface area (Å²) in [6, 6.07) is 20.4. The van der Waals surface area contributed by atoms with Crippen LogP contribution in [0.25, 0.3) is 0 Å². The molecule has 6 heteroatoms. The van der Waals surface area contributed by atoms with E-state index in [1.165, 1.54) is 89.9 Å². The summed E-state index contributed by atoms with van der Waals surface area (Å²) in [5.74, 6) is 1.27. The highest BCUT2D eigenvalue weighted by Gasteiger charge is 2.12. The number of carbonyl (C=O) groups is 2. The highest BCUT2D eigenvalue weighted by Crippen LogP contribution is 2.22. The van der Waals surface area contributed by atoms with Gasteiger partial charge in [-0.1, -0.05) is 104 Å². The van der Waals surface area contributed by atoms with Gasteiger partial charge in [-0.05, 0) is 85.6 Å². The molecule has 250 valence electrons. The van der Waals surface area contributed by atoms with Crippen LogP contribution in [0.15, 0.2) is 72.8 Å². The van der Waals surface area contributed by atoms with E-state index >= 15 is 0 Å². The lowest BCUT2D eigenvalue weighted by Gasteiger charge is -2.09. The Balaban J connectivity index is 1.32. The van der Waals surface area contributed by atoms with Crippen LogP contribution in [0.2, 0.25) is 0 Å². The largest absolute Gasteiger partial charge is 0.494 e. The highest BCUT2D eigenvalue weighted by atomic mass is 16.5. The lowest BCUT2D eigenvalue weighted by Crippen LogP contribution is -2.09. The quantitative estimate of drug-likeness (QED) is 0.0557. The molecule has 0 radical (unpaired) electrons. The van der Waals surface area contributed by atoms with Gasteiger partial charge in [0.2, 0.25) is 0 Å².